The smallest absolute Gasteiger partial charge is 0.0817 e. The van der Waals surface area contributed by atoms with Gasteiger partial charge in [-0.3, -0.25) is 9.97 Å². The van der Waals surface area contributed by atoms with E-state index in [1.54, 1.807) is 6.20 Å². The van der Waals surface area contributed by atoms with Crippen molar-refractivity contribution in [3.8, 4) is 39.2 Å². The SMILES string of the molecule is C/C=C\C=C/c1cc(-c2ccc(-n3c4ccccc4c4c(-c5cccnc5)nccc43)cc2)c2ccccc2c1-c1ccc2ccccc2c1. The first kappa shape index (κ1) is 29.6. The lowest BCUT2D eigenvalue weighted by Gasteiger charge is -2.17. The number of benzene rings is 6. The molecule has 0 aliphatic rings. The Balaban J connectivity index is 1.22. The van der Waals surface area contributed by atoms with Crippen LogP contribution >= 0.6 is 0 Å². The first-order chi connectivity index (χ1) is 24.8. The summed E-state index contributed by atoms with van der Waals surface area (Å²) in [6.07, 6.45) is 14.1. The number of hydrogen-bond acceptors (Lipinski definition) is 2. The molecule has 3 heterocycles. The van der Waals surface area contributed by atoms with E-state index in [1.807, 2.05) is 18.5 Å². The molecule has 0 bridgehead atoms. The first-order valence-electron chi connectivity index (χ1n) is 17.0. The van der Waals surface area contributed by atoms with Crippen molar-refractivity contribution in [2.45, 2.75) is 6.92 Å². The molecule has 9 rings (SSSR count). The third-order valence-electron chi connectivity index (χ3n) is 9.65. The van der Waals surface area contributed by atoms with Crippen LogP contribution in [0.3, 0.4) is 0 Å². The quantitative estimate of drug-likeness (QED) is 0.170. The Kier molecular flexibility index (Phi) is 7.37. The number of aromatic nitrogens is 3. The molecule has 0 atom stereocenters. The lowest BCUT2D eigenvalue weighted by Crippen LogP contribution is -1.95. The van der Waals surface area contributed by atoms with Crippen molar-refractivity contribution in [1.82, 2.24) is 14.5 Å². The van der Waals surface area contributed by atoms with Crippen LogP contribution in [0.2, 0.25) is 0 Å². The molecule has 0 amide bonds. The van der Waals surface area contributed by atoms with Crippen molar-refractivity contribution >= 4 is 49.4 Å². The summed E-state index contributed by atoms with van der Waals surface area (Å²) in [7, 11) is 0. The Morgan fingerprint density at radius 2 is 1.32 bits per heavy atom. The maximum absolute atomic E-state index is 4.83. The number of allylic oxidation sites excluding steroid dienone is 3. The molecule has 50 heavy (non-hydrogen) atoms. The molecule has 0 spiro atoms. The highest BCUT2D eigenvalue weighted by Crippen LogP contribution is 2.41. The summed E-state index contributed by atoms with van der Waals surface area (Å²) in [5.74, 6) is 0. The Labute approximate surface area is 291 Å². The summed E-state index contributed by atoms with van der Waals surface area (Å²) in [5.41, 5.74) is 11.4. The molecule has 236 valence electrons. The summed E-state index contributed by atoms with van der Waals surface area (Å²) < 4.78 is 2.35. The van der Waals surface area contributed by atoms with Crippen LogP contribution in [0.1, 0.15) is 12.5 Å². The zero-order chi connectivity index (χ0) is 33.4. The van der Waals surface area contributed by atoms with Gasteiger partial charge in [-0.25, -0.2) is 0 Å². The topological polar surface area (TPSA) is 30.7 Å². The van der Waals surface area contributed by atoms with Gasteiger partial charge in [0.25, 0.3) is 0 Å². The van der Waals surface area contributed by atoms with Gasteiger partial charge < -0.3 is 4.57 Å². The summed E-state index contributed by atoms with van der Waals surface area (Å²) in [6.45, 7) is 2.05. The predicted octanol–water partition coefficient (Wildman–Crippen LogP) is 12.5. The van der Waals surface area contributed by atoms with Crippen molar-refractivity contribution in [3.63, 3.8) is 0 Å². The maximum atomic E-state index is 4.83. The van der Waals surface area contributed by atoms with Crippen LogP contribution in [-0.2, 0) is 0 Å². The van der Waals surface area contributed by atoms with Gasteiger partial charge in [-0.1, -0.05) is 115 Å². The van der Waals surface area contributed by atoms with E-state index in [1.165, 1.54) is 54.7 Å². The summed E-state index contributed by atoms with van der Waals surface area (Å²) >= 11 is 0. The van der Waals surface area contributed by atoms with Crippen LogP contribution < -0.4 is 0 Å². The van der Waals surface area contributed by atoms with E-state index in [2.05, 4.69) is 174 Å². The molecular formula is C47H33N3. The normalized spacial score (nSPS) is 11.9. The predicted molar refractivity (Wildman–Crippen MR) is 212 cm³/mol. The standard InChI is InChI=1S/C47H33N3/c1-2-3-4-14-35-30-42(39-16-7-8-17-40(39)45(35)36-21-20-32-12-5-6-13-34(32)29-36)33-22-24-38(25-23-33)50-43-19-10-9-18-41(43)46-44(50)26-28-49-47(46)37-15-11-27-48-31-37/h2-31H,1H3/b3-2-,14-4-. The van der Waals surface area contributed by atoms with Crippen molar-refractivity contribution in [2.24, 2.45) is 0 Å². The Morgan fingerprint density at radius 1 is 0.560 bits per heavy atom. The van der Waals surface area contributed by atoms with Crippen molar-refractivity contribution in [3.05, 3.63) is 182 Å². The van der Waals surface area contributed by atoms with Gasteiger partial charge in [-0.05, 0) is 105 Å². The molecule has 0 fully saturated rings. The van der Waals surface area contributed by atoms with Gasteiger partial charge in [-0.2, -0.15) is 0 Å². The number of rotatable bonds is 6. The highest BCUT2D eigenvalue weighted by molar-refractivity contribution is 6.15. The van der Waals surface area contributed by atoms with E-state index in [0.29, 0.717) is 0 Å². The second kappa shape index (κ2) is 12.5. The van der Waals surface area contributed by atoms with E-state index in [-0.39, 0.29) is 0 Å². The molecule has 0 aliphatic carbocycles. The molecule has 0 radical (unpaired) electrons. The van der Waals surface area contributed by atoms with E-state index < -0.39 is 0 Å². The van der Waals surface area contributed by atoms with Crippen LogP contribution in [0.15, 0.2) is 176 Å². The minimum absolute atomic E-state index is 0.943. The van der Waals surface area contributed by atoms with Crippen LogP contribution in [0.4, 0.5) is 0 Å². The van der Waals surface area contributed by atoms with Crippen LogP contribution in [0.5, 0.6) is 0 Å². The Hall–Kier alpha value is -6.58. The maximum Gasteiger partial charge on any atom is 0.0817 e. The summed E-state index contributed by atoms with van der Waals surface area (Å²) in [5, 5.41) is 7.26. The molecule has 0 unspecified atom stereocenters. The Bertz CT molecular complexity index is 2750. The third-order valence-corrected chi connectivity index (χ3v) is 9.65. The molecule has 0 aliphatic heterocycles. The second-order valence-electron chi connectivity index (χ2n) is 12.6. The molecule has 3 nitrogen and oxygen atoms in total. The molecule has 3 heteroatoms. The third kappa shape index (κ3) is 4.99. The molecule has 0 N–H and O–H groups in total. The summed E-state index contributed by atoms with van der Waals surface area (Å²) in [4.78, 5) is 9.21. The van der Waals surface area contributed by atoms with Gasteiger partial charge in [-0.15, -0.1) is 0 Å². The van der Waals surface area contributed by atoms with E-state index in [4.69, 9.17) is 4.98 Å². The zero-order valence-corrected chi connectivity index (χ0v) is 27.7. The van der Waals surface area contributed by atoms with Crippen molar-refractivity contribution < 1.29 is 0 Å². The molecule has 0 saturated carbocycles. The fourth-order valence-corrected chi connectivity index (χ4v) is 7.41. The fraction of sp³-hybridized carbons (Fsp3) is 0.0213. The van der Waals surface area contributed by atoms with Gasteiger partial charge in [0.2, 0.25) is 0 Å². The summed E-state index contributed by atoms with van der Waals surface area (Å²) in [6, 6.07) is 50.3. The Morgan fingerprint density at radius 3 is 2.14 bits per heavy atom. The van der Waals surface area contributed by atoms with E-state index in [9.17, 15) is 0 Å². The van der Waals surface area contributed by atoms with Crippen LogP contribution in [0.25, 0.3) is 88.6 Å². The highest BCUT2D eigenvalue weighted by atomic mass is 15.0. The van der Waals surface area contributed by atoms with Crippen LogP contribution in [-0.4, -0.2) is 14.5 Å². The zero-order valence-electron chi connectivity index (χ0n) is 27.7. The largest absolute Gasteiger partial charge is 0.309 e. The van der Waals surface area contributed by atoms with Gasteiger partial charge in [0.05, 0.1) is 16.7 Å². The minimum Gasteiger partial charge on any atom is -0.309 e. The second-order valence-corrected chi connectivity index (χ2v) is 12.6. The van der Waals surface area contributed by atoms with Crippen LogP contribution in [0, 0.1) is 0 Å². The molecule has 0 saturated heterocycles. The lowest BCUT2D eigenvalue weighted by molar-refractivity contribution is 1.17. The first-order valence-corrected chi connectivity index (χ1v) is 17.0. The fourth-order valence-electron chi connectivity index (χ4n) is 7.41. The number of hydrogen-bond donors (Lipinski definition) is 0. The van der Waals surface area contributed by atoms with Crippen molar-refractivity contribution in [2.75, 3.05) is 0 Å². The molecule has 9 aromatic rings. The van der Waals surface area contributed by atoms with Gasteiger partial charge in [0.1, 0.15) is 0 Å². The number of para-hydroxylation sites is 1. The van der Waals surface area contributed by atoms with Gasteiger partial charge in [0.15, 0.2) is 0 Å². The lowest BCUT2D eigenvalue weighted by atomic mass is 9.87. The average molecular weight is 640 g/mol. The van der Waals surface area contributed by atoms with Crippen molar-refractivity contribution in [1.29, 1.82) is 0 Å². The number of pyridine rings is 2. The van der Waals surface area contributed by atoms with Gasteiger partial charge >= 0.3 is 0 Å². The monoisotopic (exact) mass is 639 g/mol. The van der Waals surface area contributed by atoms with E-state index in [0.717, 1.165) is 33.4 Å². The molecule has 6 aromatic carbocycles. The average Bonchev–Trinajstić information content (AvgIpc) is 3.52. The highest BCUT2D eigenvalue weighted by Gasteiger charge is 2.18. The molecular weight excluding hydrogens is 607 g/mol. The van der Waals surface area contributed by atoms with E-state index >= 15 is 0 Å². The number of fused-ring (bicyclic) bond motifs is 5. The van der Waals surface area contributed by atoms with Gasteiger partial charge in [0, 0.05) is 40.6 Å². The minimum atomic E-state index is 0.943. The molecule has 3 aromatic heterocycles. The number of nitrogens with zero attached hydrogens (tertiary/aromatic N) is 3.